The van der Waals surface area contributed by atoms with Crippen LogP contribution in [0, 0.1) is 6.92 Å². The Morgan fingerprint density at radius 2 is 2.10 bits per heavy atom. The van der Waals surface area contributed by atoms with Crippen LogP contribution >= 0.6 is 22.7 Å². The monoisotopic (exact) mass is 316 g/mol. The first kappa shape index (κ1) is 13.8. The molecule has 0 radical (unpaired) electrons. The number of carbonyl (C=O) groups excluding carboxylic acids is 1. The van der Waals surface area contributed by atoms with Gasteiger partial charge in [0.05, 0.1) is 17.1 Å². The number of carbonyl (C=O) groups is 1. The Balaban J connectivity index is 1.70. The lowest BCUT2D eigenvalue weighted by Crippen LogP contribution is -2.24. The summed E-state index contributed by atoms with van der Waals surface area (Å²) < 4.78 is 0. The van der Waals surface area contributed by atoms with Crippen LogP contribution in [0.1, 0.15) is 21.2 Å². The van der Waals surface area contributed by atoms with Crippen molar-refractivity contribution in [2.75, 3.05) is 0 Å². The Morgan fingerprint density at radius 3 is 2.81 bits per heavy atom. The second-order valence-corrected chi connectivity index (χ2v) is 6.29. The molecule has 0 unspecified atom stereocenters. The van der Waals surface area contributed by atoms with Crippen LogP contribution in [0.2, 0.25) is 0 Å². The molecule has 7 heteroatoms. The van der Waals surface area contributed by atoms with Gasteiger partial charge in [-0.2, -0.15) is 0 Å². The number of aromatic nitrogens is 3. The Labute approximate surface area is 129 Å². The highest BCUT2D eigenvalue weighted by Crippen LogP contribution is 2.30. The predicted molar refractivity (Wildman–Crippen MR) is 83.4 cm³/mol. The smallest absolute Gasteiger partial charge is 0.289 e. The molecule has 0 atom stereocenters. The van der Waals surface area contributed by atoms with Gasteiger partial charge in [0.25, 0.3) is 5.91 Å². The van der Waals surface area contributed by atoms with E-state index in [4.69, 9.17) is 0 Å². The lowest BCUT2D eigenvalue weighted by atomic mass is 10.4. The SMILES string of the molecule is Cc1nc(-c2cccs2)sc1CNC(=O)c1ncccn1. The minimum absolute atomic E-state index is 0.179. The number of thiazole rings is 1. The Bertz CT molecular complexity index is 738. The summed E-state index contributed by atoms with van der Waals surface area (Å²) in [6.45, 7) is 2.39. The van der Waals surface area contributed by atoms with E-state index < -0.39 is 0 Å². The van der Waals surface area contributed by atoms with Gasteiger partial charge in [-0.1, -0.05) is 6.07 Å². The van der Waals surface area contributed by atoms with E-state index in [0.29, 0.717) is 6.54 Å². The average molecular weight is 316 g/mol. The standard InChI is InChI=1S/C14H12N4OS2/c1-9-11(21-14(18-9)10-4-2-7-20-10)8-17-13(19)12-15-5-3-6-16-12/h2-7H,8H2,1H3,(H,17,19). The van der Waals surface area contributed by atoms with Crippen molar-refractivity contribution >= 4 is 28.6 Å². The minimum atomic E-state index is -0.277. The van der Waals surface area contributed by atoms with E-state index in [2.05, 4.69) is 20.3 Å². The lowest BCUT2D eigenvalue weighted by Gasteiger charge is -2.02. The molecule has 0 aromatic carbocycles. The molecule has 0 aliphatic heterocycles. The Morgan fingerprint density at radius 1 is 1.29 bits per heavy atom. The highest BCUT2D eigenvalue weighted by molar-refractivity contribution is 7.21. The van der Waals surface area contributed by atoms with Crippen LogP contribution in [-0.4, -0.2) is 20.9 Å². The Kier molecular flexibility index (Phi) is 4.03. The van der Waals surface area contributed by atoms with Gasteiger partial charge < -0.3 is 5.32 Å². The van der Waals surface area contributed by atoms with Crippen LogP contribution < -0.4 is 5.32 Å². The van der Waals surface area contributed by atoms with E-state index in [9.17, 15) is 4.79 Å². The van der Waals surface area contributed by atoms with Crippen LogP contribution in [0.3, 0.4) is 0 Å². The zero-order valence-corrected chi connectivity index (χ0v) is 12.9. The first-order valence-corrected chi connectivity index (χ1v) is 7.99. The van der Waals surface area contributed by atoms with E-state index in [1.54, 1.807) is 41.1 Å². The van der Waals surface area contributed by atoms with Gasteiger partial charge in [0.1, 0.15) is 5.01 Å². The number of nitrogens with one attached hydrogen (secondary N) is 1. The van der Waals surface area contributed by atoms with E-state index in [0.717, 1.165) is 20.5 Å². The van der Waals surface area contributed by atoms with Crippen LogP contribution in [-0.2, 0) is 6.54 Å². The zero-order chi connectivity index (χ0) is 14.7. The fourth-order valence-corrected chi connectivity index (χ4v) is 3.55. The van der Waals surface area contributed by atoms with Gasteiger partial charge >= 0.3 is 0 Å². The molecule has 0 saturated carbocycles. The highest BCUT2D eigenvalue weighted by atomic mass is 32.1. The molecule has 3 aromatic rings. The molecule has 0 bridgehead atoms. The molecule has 3 rings (SSSR count). The normalized spacial score (nSPS) is 10.5. The van der Waals surface area contributed by atoms with Crippen molar-refractivity contribution in [2.24, 2.45) is 0 Å². The van der Waals surface area contributed by atoms with E-state index in [1.807, 2.05) is 24.4 Å². The maximum absolute atomic E-state index is 11.9. The number of hydrogen-bond acceptors (Lipinski definition) is 6. The summed E-state index contributed by atoms with van der Waals surface area (Å²) in [6, 6.07) is 5.73. The van der Waals surface area contributed by atoms with Crippen molar-refractivity contribution in [3.05, 3.63) is 52.4 Å². The average Bonchev–Trinajstić information content (AvgIpc) is 3.15. The largest absolute Gasteiger partial charge is 0.344 e. The van der Waals surface area contributed by atoms with Gasteiger partial charge in [-0.25, -0.2) is 15.0 Å². The zero-order valence-electron chi connectivity index (χ0n) is 11.2. The second kappa shape index (κ2) is 6.11. The van der Waals surface area contributed by atoms with E-state index >= 15 is 0 Å². The fourth-order valence-electron chi connectivity index (χ4n) is 1.75. The van der Waals surface area contributed by atoms with Crippen molar-refractivity contribution < 1.29 is 4.79 Å². The number of rotatable bonds is 4. The third kappa shape index (κ3) is 3.14. The summed E-state index contributed by atoms with van der Waals surface area (Å²) in [5.74, 6) is -0.0979. The summed E-state index contributed by atoms with van der Waals surface area (Å²) in [5, 5.41) is 5.84. The maximum atomic E-state index is 11.9. The van der Waals surface area contributed by atoms with Crippen LogP contribution in [0.5, 0.6) is 0 Å². The fraction of sp³-hybridized carbons (Fsp3) is 0.143. The molecule has 106 valence electrons. The lowest BCUT2D eigenvalue weighted by molar-refractivity contribution is 0.0941. The quantitative estimate of drug-likeness (QED) is 0.803. The molecule has 0 aliphatic carbocycles. The molecular formula is C14H12N4OS2. The first-order chi connectivity index (χ1) is 10.2. The van der Waals surface area contributed by atoms with E-state index in [1.165, 1.54) is 0 Å². The summed E-state index contributed by atoms with van der Waals surface area (Å²) >= 11 is 3.26. The summed E-state index contributed by atoms with van der Waals surface area (Å²) in [4.78, 5) is 26.5. The third-order valence-corrected chi connectivity index (χ3v) is 5.00. The molecule has 3 aromatic heterocycles. The Hall–Kier alpha value is -2.12. The number of aryl methyl sites for hydroxylation is 1. The second-order valence-electron chi connectivity index (χ2n) is 4.26. The number of nitrogens with zero attached hydrogens (tertiary/aromatic N) is 3. The van der Waals surface area contributed by atoms with Crippen molar-refractivity contribution in [1.82, 2.24) is 20.3 Å². The molecular weight excluding hydrogens is 304 g/mol. The molecule has 3 heterocycles. The maximum Gasteiger partial charge on any atom is 0.289 e. The molecule has 5 nitrogen and oxygen atoms in total. The predicted octanol–water partition coefficient (Wildman–Crippen LogP) is 2.90. The van der Waals surface area contributed by atoms with Gasteiger partial charge in [0, 0.05) is 17.3 Å². The van der Waals surface area contributed by atoms with Gasteiger partial charge in [0.2, 0.25) is 5.82 Å². The first-order valence-electron chi connectivity index (χ1n) is 6.29. The molecule has 0 spiro atoms. The van der Waals surface area contributed by atoms with Crippen LogP contribution in [0.15, 0.2) is 36.0 Å². The molecule has 1 amide bonds. The van der Waals surface area contributed by atoms with Crippen molar-refractivity contribution in [1.29, 1.82) is 0 Å². The van der Waals surface area contributed by atoms with Crippen molar-refractivity contribution in [3.63, 3.8) is 0 Å². The molecule has 0 saturated heterocycles. The van der Waals surface area contributed by atoms with Gasteiger partial charge in [-0.3, -0.25) is 4.79 Å². The van der Waals surface area contributed by atoms with Gasteiger partial charge in [-0.15, -0.1) is 22.7 Å². The number of hydrogen-bond donors (Lipinski definition) is 1. The van der Waals surface area contributed by atoms with Crippen molar-refractivity contribution in [2.45, 2.75) is 13.5 Å². The molecule has 1 N–H and O–H groups in total. The number of thiophene rings is 1. The highest BCUT2D eigenvalue weighted by Gasteiger charge is 2.12. The number of amides is 1. The molecule has 0 aliphatic rings. The summed E-state index contributed by atoms with van der Waals surface area (Å²) in [7, 11) is 0. The van der Waals surface area contributed by atoms with Gasteiger partial charge in [-0.05, 0) is 24.4 Å². The molecule has 0 fully saturated rings. The molecule has 21 heavy (non-hydrogen) atoms. The van der Waals surface area contributed by atoms with E-state index in [-0.39, 0.29) is 11.7 Å². The topological polar surface area (TPSA) is 67.8 Å². The third-order valence-electron chi connectivity index (χ3n) is 2.80. The van der Waals surface area contributed by atoms with Crippen LogP contribution in [0.25, 0.3) is 9.88 Å². The van der Waals surface area contributed by atoms with Crippen molar-refractivity contribution in [3.8, 4) is 9.88 Å². The van der Waals surface area contributed by atoms with Crippen LogP contribution in [0.4, 0.5) is 0 Å². The van der Waals surface area contributed by atoms with Gasteiger partial charge in [0.15, 0.2) is 0 Å². The minimum Gasteiger partial charge on any atom is -0.344 e. The summed E-state index contributed by atoms with van der Waals surface area (Å²) in [6.07, 6.45) is 3.10. The summed E-state index contributed by atoms with van der Waals surface area (Å²) in [5.41, 5.74) is 0.942.